The second-order valence-corrected chi connectivity index (χ2v) is 6.35. The van der Waals surface area contributed by atoms with Crippen LogP contribution in [-0.4, -0.2) is 35.5 Å². The van der Waals surface area contributed by atoms with Crippen LogP contribution in [0, 0.1) is 0 Å². The minimum atomic E-state index is -3.36. The maximum atomic E-state index is 12.4. The molecule has 5 nitrogen and oxygen atoms in total. The zero-order valence-corrected chi connectivity index (χ0v) is 10.9. The second-order valence-electron chi connectivity index (χ2n) is 4.46. The van der Waals surface area contributed by atoms with E-state index < -0.39 is 10.0 Å². The topological polar surface area (TPSA) is 66.1 Å². The van der Waals surface area contributed by atoms with Crippen LogP contribution in [0.15, 0.2) is 17.3 Å². The minimum absolute atomic E-state index is 0.136. The molecule has 2 heterocycles. The molecule has 6 heteroatoms. The molecule has 1 aromatic heterocycles. The van der Waals surface area contributed by atoms with Gasteiger partial charge in [0.1, 0.15) is 4.90 Å². The smallest absolute Gasteiger partial charge is 0.246 e. The third kappa shape index (κ3) is 2.52. The molecule has 1 aliphatic heterocycles. The number of nitrogens with zero attached hydrogens (tertiary/aromatic N) is 2. The molecular weight excluding hydrogens is 238 g/mol. The summed E-state index contributed by atoms with van der Waals surface area (Å²) >= 11 is 0. The van der Waals surface area contributed by atoms with Crippen LogP contribution in [-0.2, 0) is 10.0 Å². The molecule has 1 saturated heterocycles. The van der Waals surface area contributed by atoms with Gasteiger partial charge in [0, 0.05) is 18.8 Å². The number of H-pyrrole nitrogens is 1. The quantitative estimate of drug-likeness (QED) is 0.897. The third-order valence-corrected chi connectivity index (χ3v) is 5.29. The summed E-state index contributed by atoms with van der Waals surface area (Å²) in [6.07, 6.45) is 7.86. The number of nitrogens with one attached hydrogen (secondary N) is 1. The average molecular weight is 257 g/mol. The average Bonchev–Trinajstić information content (AvgIpc) is 2.74. The first-order valence-electron chi connectivity index (χ1n) is 6.17. The van der Waals surface area contributed by atoms with Gasteiger partial charge in [-0.25, -0.2) is 8.42 Å². The highest BCUT2D eigenvalue weighted by atomic mass is 32.2. The fourth-order valence-corrected chi connectivity index (χ4v) is 4.07. The molecule has 0 amide bonds. The van der Waals surface area contributed by atoms with Gasteiger partial charge < -0.3 is 0 Å². The van der Waals surface area contributed by atoms with E-state index in [-0.39, 0.29) is 10.9 Å². The van der Waals surface area contributed by atoms with Crippen molar-refractivity contribution in [2.75, 3.05) is 6.54 Å². The van der Waals surface area contributed by atoms with Crippen molar-refractivity contribution in [3.63, 3.8) is 0 Å². The summed E-state index contributed by atoms with van der Waals surface area (Å²) in [7, 11) is -3.36. The maximum absolute atomic E-state index is 12.4. The monoisotopic (exact) mass is 257 g/mol. The predicted octanol–water partition coefficient (Wildman–Crippen LogP) is 1.75. The van der Waals surface area contributed by atoms with E-state index in [4.69, 9.17) is 0 Å². The van der Waals surface area contributed by atoms with Crippen molar-refractivity contribution in [3.05, 3.63) is 12.4 Å². The van der Waals surface area contributed by atoms with E-state index in [1.807, 2.05) is 6.92 Å². The highest BCUT2D eigenvalue weighted by Gasteiger charge is 2.31. The van der Waals surface area contributed by atoms with Crippen LogP contribution in [0.3, 0.4) is 0 Å². The van der Waals surface area contributed by atoms with E-state index in [9.17, 15) is 8.42 Å². The molecule has 2 rings (SSSR count). The Morgan fingerprint density at radius 2 is 2.29 bits per heavy atom. The van der Waals surface area contributed by atoms with Crippen LogP contribution in [0.5, 0.6) is 0 Å². The molecule has 1 fully saturated rings. The van der Waals surface area contributed by atoms with Gasteiger partial charge in [0.25, 0.3) is 0 Å². The van der Waals surface area contributed by atoms with Crippen LogP contribution in [0.2, 0.25) is 0 Å². The van der Waals surface area contributed by atoms with Crippen LogP contribution in [0.4, 0.5) is 0 Å². The molecule has 0 spiro atoms. The van der Waals surface area contributed by atoms with Gasteiger partial charge in [0.05, 0.1) is 6.20 Å². The Balaban J connectivity index is 2.29. The molecule has 0 bridgehead atoms. The van der Waals surface area contributed by atoms with Crippen LogP contribution in [0.25, 0.3) is 0 Å². The van der Waals surface area contributed by atoms with Gasteiger partial charge >= 0.3 is 0 Å². The first-order valence-corrected chi connectivity index (χ1v) is 7.61. The standard InChI is InChI=1S/C11H19N3O2S/c1-2-10-6-4-3-5-7-14(10)17(15,16)11-8-12-13-9-11/h8-10H,2-7H2,1H3,(H,12,13). The summed E-state index contributed by atoms with van der Waals surface area (Å²) in [6.45, 7) is 2.68. The van der Waals surface area contributed by atoms with E-state index in [0.29, 0.717) is 6.54 Å². The number of aromatic nitrogens is 2. The fourth-order valence-electron chi connectivity index (χ4n) is 2.39. The van der Waals surface area contributed by atoms with Crippen molar-refractivity contribution in [2.24, 2.45) is 0 Å². The molecule has 1 unspecified atom stereocenters. The summed E-state index contributed by atoms with van der Waals surface area (Å²) < 4.78 is 26.5. The summed E-state index contributed by atoms with van der Waals surface area (Å²) in [6, 6.07) is 0.136. The molecule has 17 heavy (non-hydrogen) atoms. The van der Waals surface area contributed by atoms with Crippen molar-refractivity contribution in [2.45, 2.75) is 50.0 Å². The lowest BCUT2D eigenvalue weighted by Gasteiger charge is -2.27. The third-order valence-electron chi connectivity index (χ3n) is 3.37. The molecule has 96 valence electrons. The molecule has 0 radical (unpaired) electrons. The summed E-state index contributed by atoms with van der Waals surface area (Å²) in [4.78, 5) is 0.276. The Morgan fingerprint density at radius 1 is 1.47 bits per heavy atom. The molecule has 1 N–H and O–H groups in total. The molecule has 1 aromatic rings. The van der Waals surface area contributed by atoms with E-state index in [2.05, 4.69) is 10.2 Å². The summed E-state index contributed by atoms with van der Waals surface area (Å²) in [5.41, 5.74) is 0. The molecule has 1 aliphatic rings. The van der Waals surface area contributed by atoms with Crippen LogP contribution >= 0.6 is 0 Å². The van der Waals surface area contributed by atoms with Crippen molar-refractivity contribution in [1.29, 1.82) is 0 Å². The number of sulfonamides is 1. The van der Waals surface area contributed by atoms with Gasteiger partial charge in [-0.15, -0.1) is 0 Å². The largest absolute Gasteiger partial charge is 0.284 e. The normalized spacial score (nSPS) is 23.5. The molecule has 0 aliphatic carbocycles. The summed E-state index contributed by atoms with van der Waals surface area (Å²) in [5.74, 6) is 0. The molecule has 1 atom stereocenters. The predicted molar refractivity (Wildman–Crippen MR) is 65.0 cm³/mol. The number of hydrogen-bond donors (Lipinski definition) is 1. The molecule has 0 aromatic carbocycles. The van der Waals surface area contributed by atoms with Gasteiger partial charge in [-0.3, -0.25) is 5.10 Å². The first-order chi connectivity index (χ1) is 8.16. The van der Waals surface area contributed by atoms with E-state index >= 15 is 0 Å². The Kier molecular flexibility index (Phi) is 3.83. The maximum Gasteiger partial charge on any atom is 0.246 e. The van der Waals surface area contributed by atoms with Gasteiger partial charge in [0.2, 0.25) is 10.0 Å². The van der Waals surface area contributed by atoms with Crippen molar-refractivity contribution >= 4 is 10.0 Å². The fraction of sp³-hybridized carbons (Fsp3) is 0.727. The van der Waals surface area contributed by atoms with Crippen molar-refractivity contribution in [3.8, 4) is 0 Å². The lowest BCUT2D eigenvalue weighted by molar-refractivity contribution is 0.315. The Morgan fingerprint density at radius 3 is 2.94 bits per heavy atom. The van der Waals surface area contributed by atoms with E-state index in [1.54, 1.807) is 4.31 Å². The lowest BCUT2D eigenvalue weighted by atomic mass is 10.1. The zero-order chi connectivity index (χ0) is 12.3. The van der Waals surface area contributed by atoms with Crippen molar-refractivity contribution in [1.82, 2.24) is 14.5 Å². The minimum Gasteiger partial charge on any atom is -0.284 e. The number of hydrogen-bond acceptors (Lipinski definition) is 3. The van der Waals surface area contributed by atoms with Gasteiger partial charge in [-0.2, -0.15) is 9.40 Å². The van der Waals surface area contributed by atoms with Crippen molar-refractivity contribution < 1.29 is 8.42 Å². The van der Waals surface area contributed by atoms with E-state index in [1.165, 1.54) is 12.4 Å². The zero-order valence-electron chi connectivity index (χ0n) is 10.1. The highest BCUT2D eigenvalue weighted by Crippen LogP contribution is 2.25. The SMILES string of the molecule is CCC1CCCCCN1S(=O)(=O)c1cn[nH]c1. The Bertz CT molecular complexity index is 441. The summed E-state index contributed by atoms with van der Waals surface area (Å²) in [5, 5.41) is 6.29. The van der Waals surface area contributed by atoms with Crippen LogP contribution in [0.1, 0.15) is 39.0 Å². The number of rotatable bonds is 3. The lowest BCUT2D eigenvalue weighted by Crippen LogP contribution is -2.39. The number of aromatic amines is 1. The highest BCUT2D eigenvalue weighted by molar-refractivity contribution is 7.89. The van der Waals surface area contributed by atoms with Gasteiger partial charge in [-0.1, -0.05) is 19.8 Å². The first kappa shape index (κ1) is 12.6. The van der Waals surface area contributed by atoms with Gasteiger partial charge in [-0.05, 0) is 19.3 Å². The van der Waals surface area contributed by atoms with Crippen LogP contribution < -0.4 is 0 Å². The Labute approximate surface area is 102 Å². The molecular formula is C11H19N3O2S. The Hall–Kier alpha value is -0.880. The van der Waals surface area contributed by atoms with Gasteiger partial charge in [0.15, 0.2) is 0 Å². The van der Waals surface area contributed by atoms with E-state index in [0.717, 1.165) is 32.1 Å². The molecule has 0 saturated carbocycles. The second kappa shape index (κ2) is 5.18.